The number of carbonyl (C=O) groups is 1. The summed E-state index contributed by atoms with van der Waals surface area (Å²) in [6.07, 6.45) is -4.01. The SMILES string of the molecule is CC(=O)[C@H](ON1CCOCC1)[C@H](O)[C@H](O)CO. The van der Waals surface area contributed by atoms with E-state index in [1.165, 1.54) is 12.0 Å². The van der Waals surface area contributed by atoms with Crippen molar-refractivity contribution in [1.82, 2.24) is 5.06 Å². The summed E-state index contributed by atoms with van der Waals surface area (Å²) in [5, 5.41) is 29.2. The van der Waals surface area contributed by atoms with Gasteiger partial charge in [-0.1, -0.05) is 0 Å². The minimum Gasteiger partial charge on any atom is -0.394 e. The Kier molecular flexibility index (Phi) is 5.96. The smallest absolute Gasteiger partial charge is 0.165 e. The third-order valence-corrected chi connectivity index (χ3v) is 2.52. The highest BCUT2D eigenvalue weighted by Gasteiger charge is 2.32. The number of carbonyl (C=O) groups excluding carboxylic acids is 1. The van der Waals surface area contributed by atoms with Crippen LogP contribution in [0.25, 0.3) is 0 Å². The molecule has 3 atom stereocenters. The summed E-state index contributed by atoms with van der Waals surface area (Å²) in [5.41, 5.74) is 0. The molecular formula is C10H19NO6. The molecule has 0 radical (unpaired) electrons. The molecule has 0 aromatic rings. The first-order valence-electron chi connectivity index (χ1n) is 5.53. The van der Waals surface area contributed by atoms with Gasteiger partial charge in [0.25, 0.3) is 0 Å². The van der Waals surface area contributed by atoms with Gasteiger partial charge in [-0.25, -0.2) is 0 Å². The summed E-state index contributed by atoms with van der Waals surface area (Å²) < 4.78 is 5.11. The summed E-state index contributed by atoms with van der Waals surface area (Å²) in [6.45, 7) is 2.60. The normalized spacial score (nSPS) is 23.1. The second kappa shape index (κ2) is 7.00. The molecule has 100 valence electrons. The fraction of sp³-hybridized carbons (Fsp3) is 0.900. The van der Waals surface area contributed by atoms with Crippen molar-refractivity contribution in [2.45, 2.75) is 25.2 Å². The number of Topliss-reactive ketones (excluding diaryl/α,β-unsaturated/α-hetero) is 1. The van der Waals surface area contributed by atoms with Gasteiger partial charge in [0.15, 0.2) is 11.9 Å². The van der Waals surface area contributed by atoms with Crippen LogP contribution in [-0.2, 0) is 14.4 Å². The average molecular weight is 249 g/mol. The van der Waals surface area contributed by atoms with Crippen molar-refractivity contribution < 1.29 is 29.7 Å². The molecule has 0 aromatic heterocycles. The number of rotatable bonds is 6. The van der Waals surface area contributed by atoms with Gasteiger partial charge < -0.3 is 20.1 Å². The van der Waals surface area contributed by atoms with Gasteiger partial charge in [0, 0.05) is 13.1 Å². The number of morpholine rings is 1. The number of aliphatic hydroxyl groups is 3. The Morgan fingerprint density at radius 3 is 2.47 bits per heavy atom. The quantitative estimate of drug-likeness (QED) is 0.497. The molecule has 1 aliphatic rings. The highest BCUT2D eigenvalue weighted by Crippen LogP contribution is 2.10. The molecule has 0 aromatic carbocycles. The Balaban J connectivity index is 2.55. The van der Waals surface area contributed by atoms with Crippen LogP contribution in [0.1, 0.15) is 6.92 Å². The van der Waals surface area contributed by atoms with Gasteiger partial charge in [-0.15, -0.1) is 0 Å². The molecule has 1 fully saturated rings. The third-order valence-electron chi connectivity index (χ3n) is 2.52. The zero-order chi connectivity index (χ0) is 12.8. The highest BCUT2D eigenvalue weighted by atomic mass is 16.7. The minimum absolute atomic E-state index is 0.406. The van der Waals surface area contributed by atoms with Crippen molar-refractivity contribution in [3.63, 3.8) is 0 Å². The van der Waals surface area contributed by atoms with E-state index in [0.29, 0.717) is 26.3 Å². The van der Waals surface area contributed by atoms with Gasteiger partial charge in [-0.3, -0.25) is 9.63 Å². The predicted octanol–water partition coefficient (Wildman–Crippen LogP) is -2.08. The van der Waals surface area contributed by atoms with E-state index in [1.54, 1.807) is 0 Å². The van der Waals surface area contributed by atoms with E-state index in [9.17, 15) is 15.0 Å². The molecule has 1 rings (SSSR count). The molecule has 7 heteroatoms. The molecule has 7 nitrogen and oxygen atoms in total. The Morgan fingerprint density at radius 2 is 2.00 bits per heavy atom. The first-order valence-corrected chi connectivity index (χ1v) is 5.53. The van der Waals surface area contributed by atoms with Crippen LogP contribution in [0.3, 0.4) is 0 Å². The van der Waals surface area contributed by atoms with Crippen molar-refractivity contribution in [3.05, 3.63) is 0 Å². The van der Waals surface area contributed by atoms with Gasteiger partial charge in [-0.2, -0.15) is 5.06 Å². The maximum atomic E-state index is 11.3. The van der Waals surface area contributed by atoms with E-state index in [-0.39, 0.29) is 0 Å². The molecule has 17 heavy (non-hydrogen) atoms. The Hall–Kier alpha value is -0.570. The largest absolute Gasteiger partial charge is 0.394 e. The molecule has 1 heterocycles. The maximum absolute atomic E-state index is 11.3. The first-order chi connectivity index (χ1) is 8.06. The summed E-state index contributed by atoms with van der Waals surface area (Å²) >= 11 is 0. The summed E-state index contributed by atoms with van der Waals surface area (Å²) in [4.78, 5) is 16.7. The standard InChI is InChI=1S/C10H19NO6/c1-7(13)10(9(15)8(14)6-12)17-11-2-4-16-5-3-11/h8-10,12,14-15H,2-6H2,1H3/t8-,9-,10+/m1/s1. The van der Waals surface area contributed by atoms with Crippen molar-refractivity contribution in [3.8, 4) is 0 Å². The zero-order valence-corrected chi connectivity index (χ0v) is 9.78. The van der Waals surface area contributed by atoms with Crippen LogP contribution < -0.4 is 0 Å². The van der Waals surface area contributed by atoms with Gasteiger partial charge in [-0.05, 0) is 6.92 Å². The molecule has 0 saturated carbocycles. The molecule has 1 saturated heterocycles. The molecule has 0 bridgehead atoms. The fourth-order valence-electron chi connectivity index (χ4n) is 1.50. The van der Waals surface area contributed by atoms with Crippen molar-refractivity contribution in [2.24, 2.45) is 0 Å². The fourth-order valence-corrected chi connectivity index (χ4v) is 1.50. The van der Waals surface area contributed by atoms with Crippen LogP contribution in [0.15, 0.2) is 0 Å². The van der Waals surface area contributed by atoms with E-state index in [4.69, 9.17) is 14.7 Å². The molecule has 0 spiro atoms. The van der Waals surface area contributed by atoms with Gasteiger partial charge in [0.2, 0.25) is 0 Å². The van der Waals surface area contributed by atoms with Crippen LogP contribution in [0.5, 0.6) is 0 Å². The van der Waals surface area contributed by atoms with Crippen molar-refractivity contribution in [2.75, 3.05) is 32.9 Å². The lowest BCUT2D eigenvalue weighted by Gasteiger charge is -2.32. The number of hydroxylamine groups is 2. The van der Waals surface area contributed by atoms with Crippen LogP contribution in [-0.4, -0.2) is 77.4 Å². The molecule has 1 aliphatic heterocycles. The number of hydrogen-bond acceptors (Lipinski definition) is 7. The molecule has 0 amide bonds. The zero-order valence-electron chi connectivity index (χ0n) is 9.78. The van der Waals surface area contributed by atoms with Crippen LogP contribution in [0.2, 0.25) is 0 Å². The lowest BCUT2D eigenvalue weighted by molar-refractivity contribution is -0.247. The van der Waals surface area contributed by atoms with E-state index < -0.39 is 30.7 Å². The van der Waals surface area contributed by atoms with Gasteiger partial charge in [0.1, 0.15) is 12.2 Å². The molecule has 0 unspecified atom stereocenters. The Bertz CT molecular complexity index is 243. The minimum atomic E-state index is -1.44. The average Bonchev–Trinajstić information content (AvgIpc) is 2.35. The summed E-state index contributed by atoms with van der Waals surface area (Å²) in [6, 6.07) is 0. The number of ether oxygens (including phenoxy) is 1. The van der Waals surface area contributed by atoms with E-state index in [0.717, 1.165) is 0 Å². The topological polar surface area (TPSA) is 99.5 Å². The maximum Gasteiger partial charge on any atom is 0.165 e. The highest BCUT2D eigenvalue weighted by molar-refractivity contribution is 5.81. The van der Waals surface area contributed by atoms with Crippen molar-refractivity contribution >= 4 is 5.78 Å². The number of hydrogen-bond donors (Lipinski definition) is 3. The molecule has 0 aliphatic carbocycles. The van der Waals surface area contributed by atoms with E-state index >= 15 is 0 Å². The van der Waals surface area contributed by atoms with E-state index in [1.807, 2.05) is 0 Å². The lowest BCUT2D eigenvalue weighted by atomic mass is 10.1. The van der Waals surface area contributed by atoms with Crippen LogP contribution in [0.4, 0.5) is 0 Å². The van der Waals surface area contributed by atoms with Gasteiger partial charge >= 0.3 is 0 Å². The monoisotopic (exact) mass is 249 g/mol. The van der Waals surface area contributed by atoms with Crippen molar-refractivity contribution in [1.29, 1.82) is 0 Å². The summed E-state index contributed by atoms with van der Waals surface area (Å²) in [5.74, 6) is -0.406. The van der Waals surface area contributed by atoms with Crippen LogP contribution >= 0.6 is 0 Å². The number of ketones is 1. The first kappa shape index (κ1) is 14.5. The lowest BCUT2D eigenvalue weighted by Crippen LogP contribution is -2.49. The Morgan fingerprint density at radius 1 is 1.41 bits per heavy atom. The van der Waals surface area contributed by atoms with Crippen LogP contribution in [0, 0.1) is 0 Å². The second-order valence-corrected chi connectivity index (χ2v) is 3.92. The molecule has 3 N–H and O–H groups in total. The second-order valence-electron chi connectivity index (χ2n) is 3.92. The third kappa shape index (κ3) is 4.30. The Labute approximate surface area is 99.5 Å². The summed E-state index contributed by atoms with van der Waals surface area (Å²) in [7, 11) is 0. The number of aliphatic hydroxyl groups excluding tert-OH is 3. The molecular weight excluding hydrogens is 230 g/mol. The predicted molar refractivity (Wildman–Crippen MR) is 57.0 cm³/mol. The van der Waals surface area contributed by atoms with Gasteiger partial charge in [0.05, 0.1) is 19.8 Å². The van der Waals surface area contributed by atoms with E-state index in [2.05, 4.69) is 0 Å². The number of nitrogens with zero attached hydrogens (tertiary/aromatic N) is 1.